The van der Waals surface area contributed by atoms with Crippen LogP contribution in [0, 0.1) is 17.5 Å². The fourth-order valence-corrected chi connectivity index (χ4v) is 5.78. The zero-order valence-corrected chi connectivity index (χ0v) is 22.9. The fraction of sp³-hybridized carbons (Fsp3) is 0.219. The number of aromatic nitrogens is 6. The van der Waals surface area contributed by atoms with Crippen molar-refractivity contribution in [1.82, 2.24) is 29.9 Å². The molecular weight excluding hydrogens is 557 g/mol. The monoisotopic (exact) mass is 584 g/mol. The summed E-state index contributed by atoms with van der Waals surface area (Å²) in [6, 6.07) is 13.8. The first-order chi connectivity index (χ1) is 20.9. The Labute approximate surface area is 244 Å². The Morgan fingerprint density at radius 1 is 0.953 bits per heavy atom. The van der Waals surface area contributed by atoms with Crippen LogP contribution in [0.25, 0.3) is 22.3 Å². The fourth-order valence-electron chi connectivity index (χ4n) is 5.78. The zero-order valence-electron chi connectivity index (χ0n) is 22.9. The molecule has 3 aromatic heterocycles. The number of hydrogen-bond acceptors (Lipinski definition) is 5. The van der Waals surface area contributed by atoms with Crippen molar-refractivity contribution in [1.29, 1.82) is 0 Å². The Balaban J connectivity index is 1.35. The van der Waals surface area contributed by atoms with E-state index in [0.29, 0.717) is 53.7 Å². The van der Waals surface area contributed by atoms with E-state index in [2.05, 4.69) is 25.3 Å². The van der Waals surface area contributed by atoms with Gasteiger partial charge in [0.1, 0.15) is 28.9 Å². The molecule has 6 bridgehead atoms. The van der Waals surface area contributed by atoms with Crippen LogP contribution in [-0.4, -0.2) is 35.1 Å². The quantitative estimate of drug-likeness (QED) is 0.190. The van der Waals surface area contributed by atoms with Gasteiger partial charge in [0.25, 0.3) is 0 Å². The second-order valence-electron chi connectivity index (χ2n) is 10.8. The van der Waals surface area contributed by atoms with E-state index in [1.54, 1.807) is 36.8 Å². The minimum atomic E-state index is -0.860. The van der Waals surface area contributed by atoms with Crippen LogP contribution in [0.1, 0.15) is 60.2 Å². The molecule has 3 aromatic carbocycles. The molecule has 218 valence electrons. The first-order valence-corrected chi connectivity index (χ1v) is 14.1. The predicted octanol–water partition coefficient (Wildman–Crippen LogP) is 7.15. The molecule has 0 aliphatic carbocycles. The average molecular weight is 585 g/mol. The third kappa shape index (κ3) is 5.16. The van der Waals surface area contributed by atoms with Gasteiger partial charge in [-0.1, -0.05) is 36.3 Å². The highest BCUT2D eigenvalue weighted by Crippen LogP contribution is 2.38. The first-order valence-electron chi connectivity index (χ1n) is 14.1. The number of ether oxygens (including phenoxy) is 1. The number of aromatic amines is 2. The van der Waals surface area contributed by atoms with Crippen LogP contribution >= 0.6 is 0 Å². The number of nitrogens with one attached hydrogen (secondary N) is 2. The summed E-state index contributed by atoms with van der Waals surface area (Å²) in [5.74, 6) is -1.50. The molecule has 0 saturated heterocycles. The van der Waals surface area contributed by atoms with Gasteiger partial charge in [-0.2, -0.15) is 0 Å². The van der Waals surface area contributed by atoms with Gasteiger partial charge in [0.2, 0.25) is 0 Å². The van der Waals surface area contributed by atoms with Gasteiger partial charge >= 0.3 is 0 Å². The predicted molar refractivity (Wildman–Crippen MR) is 153 cm³/mol. The highest BCUT2D eigenvalue weighted by Gasteiger charge is 2.24. The zero-order chi connectivity index (χ0) is 29.5. The minimum absolute atomic E-state index is 0.0417. The molecule has 1 aliphatic rings. The molecule has 2 unspecified atom stereocenters. The van der Waals surface area contributed by atoms with Crippen molar-refractivity contribution in [2.45, 2.75) is 44.2 Å². The molecule has 0 saturated carbocycles. The smallest absolute Gasteiger partial charge is 0.168 e. The van der Waals surface area contributed by atoms with Crippen molar-refractivity contribution in [3.8, 4) is 22.9 Å². The number of rotatable bonds is 1. The third-order valence-electron chi connectivity index (χ3n) is 7.97. The molecule has 43 heavy (non-hydrogen) atoms. The van der Waals surface area contributed by atoms with Crippen molar-refractivity contribution in [2.75, 3.05) is 0 Å². The van der Waals surface area contributed by atoms with Crippen LogP contribution in [0.2, 0.25) is 0 Å². The Morgan fingerprint density at radius 3 is 2.70 bits per heavy atom. The molecule has 1 aliphatic heterocycles. The Morgan fingerprint density at radius 2 is 1.81 bits per heavy atom. The van der Waals surface area contributed by atoms with Crippen LogP contribution in [0.4, 0.5) is 13.2 Å². The van der Waals surface area contributed by atoms with Crippen LogP contribution in [0.15, 0.2) is 73.2 Å². The summed E-state index contributed by atoms with van der Waals surface area (Å²) in [6.45, 7) is 0.112. The van der Waals surface area contributed by atoms with Crippen LogP contribution < -0.4 is 4.74 Å². The van der Waals surface area contributed by atoms with Crippen molar-refractivity contribution < 1.29 is 23.0 Å². The van der Waals surface area contributed by atoms with Gasteiger partial charge in [-0.3, -0.25) is 0 Å². The van der Waals surface area contributed by atoms with Crippen molar-refractivity contribution in [2.24, 2.45) is 0 Å². The maximum Gasteiger partial charge on any atom is 0.168 e. The number of aliphatic hydroxyl groups is 1. The van der Waals surface area contributed by atoms with Crippen molar-refractivity contribution in [3.05, 3.63) is 113 Å². The van der Waals surface area contributed by atoms with E-state index in [4.69, 9.17) is 4.74 Å². The van der Waals surface area contributed by atoms with Crippen molar-refractivity contribution >= 4 is 10.9 Å². The number of fused-ring (bicyclic) bond motifs is 10. The first kappa shape index (κ1) is 27.0. The maximum absolute atomic E-state index is 15.5. The molecule has 4 heterocycles. The molecule has 0 spiro atoms. The lowest BCUT2D eigenvalue weighted by atomic mass is 9.90. The van der Waals surface area contributed by atoms with Crippen LogP contribution in [-0.2, 0) is 6.54 Å². The van der Waals surface area contributed by atoms with Gasteiger partial charge < -0.3 is 19.8 Å². The molecule has 0 amide bonds. The molecule has 7 rings (SSSR count). The summed E-state index contributed by atoms with van der Waals surface area (Å²) in [5.41, 5.74) is 2.72. The number of halogens is 3. The van der Waals surface area contributed by atoms with Crippen molar-refractivity contribution in [3.63, 3.8) is 0 Å². The summed E-state index contributed by atoms with van der Waals surface area (Å²) in [5, 5.41) is 19.9. The van der Waals surface area contributed by atoms with E-state index >= 15 is 8.78 Å². The van der Waals surface area contributed by atoms with E-state index in [1.807, 2.05) is 6.07 Å². The highest BCUT2D eigenvalue weighted by molar-refractivity contribution is 5.85. The summed E-state index contributed by atoms with van der Waals surface area (Å²) < 4.78 is 53.3. The minimum Gasteiger partial charge on any atom is -0.454 e. The summed E-state index contributed by atoms with van der Waals surface area (Å²) in [6.07, 6.45) is 6.37. The topological polar surface area (TPSA) is 105 Å². The van der Waals surface area contributed by atoms with E-state index in [-0.39, 0.29) is 41.2 Å². The van der Waals surface area contributed by atoms with Gasteiger partial charge in [-0.25, -0.2) is 22.8 Å². The van der Waals surface area contributed by atoms with Crippen LogP contribution in [0.3, 0.4) is 0 Å². The van der Waals surface area contributed by atoms with Gasteiger partial charge in [0, 0.05) is 46.5 Å². The Hall–Kier alpha value is -4.90. The summed E-state index contributed by atoms with van der Waals surface area (Å²) >= 11 is 0. The lowest BCUT2D eigenvalue weighted by molar-refractivity contribution is 0.158. The molecule has 11 heteroatoms. The highest BCUT2D eigenvalue weighted by atomic mass is 19.1. The third-order valence-corrected chi connectivity index (χ3v) is 7.97. The van der Waals surface area contributed by atoms with E-state index in [9.17, 15) is 9.50 Å². The Bertz CT molecular complexity index is 1930. The molecule has 0 radical (unpaired) electrons. The SMILES string of the molecule is OC1CCCCC(c2ccccc2F)c2cnc([nH]2)-c2cc(ccc2F)Oc2c(F)cc3[nH]ccc3c2Cn2cc1nn2. The number of nitrogens with zero attached hydrogens (tertiary/aromatic N) is 4. The lowest BCUT2D eigenvalue weighted by Crippen LogP contribution is -2.05. The van der Waals surface area contributed by atoms with Gasteiger partial charge in [0.05, 0.1) is 24.4 Å². The molecule has 3 N–H and O–H groups in total. The van der Waals surface area contributed by atoms with Crippen LogP contribution in [0.5, 0.6) is 11.5 Å². The van der Waals surface area contributed by atoms with Gasteiger partial charge in [0.15, 0.2) is 11.6 Å². The number of H-pyrrole nitrogens is 2. The number of aliphatic hydroxyl groups excluding tert-OH is 1. The second-order valence-corrected chi connectivity index (χ2v) is 10.8. The summed E-state index contributed by atoms with van der Waals surface area (Å²) in [4.78, 5) is 10.6. The Kier molecular flexibility index (Phi) is 6.94. The molecular formula is C32H27F3N6O2. The normalized spacial score (nSPS) is 17.5. The number of hydrogen-bond donors (Lipinski definition) is 3. The van der Waals surface area contributed by atoms with E-state index in [1.165, 1.54) is 35.0 Å². The number of benzene rings is 3. The number of imidazole rings is 1. The summed E-state index contributed by atoms with van der Waals surface area (Å²) in [7, 11) is 0. The van der Waals surface area contributed by atoms with E-state index in [0.717, 1.165) is 5.39 Å². The van der Waals surface area contributed by atoms with Gasteiger partial charge in [-0.15, -0.1) is 5.10 Å². The molecule has 2 atom stereocenters. The second kappa shape index (κ2) is 11.1. The maximum atomic E-state index is 15.5. The lowest BCUT2D eigenvalue weighted by Gasteiger charge is -2.17. The molecule has 0 fully saturated rings. The standard InChI is InChI=1S/C32H27F3N6O2/c33-24-7-3-1-5-19(24)20-6-2-4-8-30(42)29-17-41(40-39-29)16-23-21-11-12-36-27(21)14-26(35)31(23)43-18-9-10-25(34)22(13-18)32-37-15-28(20)38-32/h1,3,5,7,9-15,17,20,30,36,42H,2,4,6,8,16H2,(H,37,38). The average Bonchev–Trinajstić information content (AvgIpc) is 3.77. The van der Waals surface area contributed by atoms with Gasteiger partial charge in [-0.05, 0) is 48.7 Å². The molecule has 8 nitrogen and oxygen atoms in total. The molecule has 6 aromatic rings. The van der Waals surface area contributed by atoms with E-state index < -0.39 is 17.7 Å². The largest absolute Gasteiger partial charge is 0.454 e.